The third-order valence-corrected chi connectivity index (χ3v) is 6.71. The van der Waals surface area contributed by atoms with Gasteiger partial charge in [-0.25, -0.2) is 9.59 Å². The van der Waals surface area contributed by atoms with Crippen molar-refractivity contribution in [2.45, 2.75) is 72.1 Å². The zero-order valence-electron chi connectivity index (χ0n) is 22.0. The number of halogens is 1. The summed E-state index contributed by atoms with van der Waals surface area (Å²) in [5.41, 5.74) is -1.39. The number of hydrogen-bond acceptors (Lipinski definition) is 6. The molecule has 2 aliphatic heterocycles. The highest BCUT2D eigenvalue weighted by Crippen LogP contribution is 2.45. The van der Waals surface area contributed by atoms with Crippen LogP contribution in [0.1, 0.15) is 54.4 Å². The first kappa shape index (κ1) is 27.8. The van der Waals surface area contributed by atoms with E-state index in [1.54, 1.807) is 49.9 Å². The van der Waals surface area contributed by atoms with E-state index < -0.39 is 46.5 Å². The van der Waals surface area contributed by atoms with Crippen molar-refractivity contribution in [2.75, 3.05) is 25.1 Å². The average molecular weight is 522 g/mol. The van der Waals surface area contributed by atoms with Crippen molar-refractivity contribution in [1.29, 1.82) is 0 Å². The van der Waals surface area contributed by atoms with Crippen LogP contribution in [0.15, 0.2) is 24.3 Å². The normalized spacial score (nSPS) is 23.1. The Morgan fingerprint density at radius 2 is 1.81 bits per heavy atom. The predicted octanol–water partition coefficient (Wildman–Crippen LogP) is 3.78. The van der Waals surface area contributed by atoms with Crippen molar-refractivity contribution in [3.05, 3.63) is 29.3 Å². The van der Waals surface area contributed by atoms with Crippen LogP contribution in [0.2, 0.25) is 5.02 Å². The lowest BCUT2D eigenvalue weighted by molar-refractivity contribution is -0.152. The number of esters is 1. The predicted molar refractivity (Wildman–Crippen MR) is 136 cm³/mol. The van der Waals surface area contributed by atoms with Crippen LogP contribution < -0.4 is 10.2 Å². The highest BCUT2D eigenvalue weighted by Gasteiger charge is 2.56. The van der Waals surface area contributed by atoms with Gasteiger partial charge in [0.15, 0.2) is 0 Å². The fourth-order valence-corrected chi connectivity index (χ4v) is 5.08. The van der Waals surface area contributed by atoms with Crippen LogP contribution in [0.5, 0.6) is 0 Å². The monoisotopic (exact) mass is 521 g/mol. The molecule has 2 saturated heterocycles. The Kier molecular flexibility index (Phi) is 7.65. The van der Waals surface area contributed by atoms with E-state index in [4.69, 9.17) is 21.1 Å². The summed E-state index contributed by atoms with van der Waals surface area (Å²) in [4.78, 5) is 55.4. The topological polar surface area (TPSA) is 105 Å². The van der Waals surface area contributed by atoms with E-state index in [1.165, 1.54) is 12.0 Å². The Balaban J connectivity index is 1.89. The van der Waals surface area contributed by atoms with E-state index in [0.717, 1.165) is 0 Å². The molecular weight excluding hydrogens is 486 g/mol. The van der Waals surface area contributed by atoms with Crippen molar-refractivity contribution in [2.24, 2.45) is 10.8 Å². The fraction of sp³-hybridized carbons (Fsp3) is 0.615. The van der Waals surface area contributed by atoms with Gasteiger partial charge in [0.05, 0.1) is 7.11 Å². The van der Waals surface area contributed by atoms with Crippen molar-refractivity contribution in [3.63, 3.8) is 0 Å². The molecule has 9 nitrogen and oxygen atoms in total. The van der Waals surface area contributed by atoms with Gasteiger partial charge in [-0.15, -0.1) is 0 Å². The number of alkyl carbamates (subject to hydrolysis) is 1. The van der Waals surface area contributed by atoms with Crippen LogP contribution in [-0.4, -0.2) is 66.7 Å². The average Bonchev–Trinajstić information content (AvgIpc) is 3.28. The number of rotatable bonds is 4. The Morgan fingerprint density at radius 3 is 2.36 bits per heavy atom. The molecule has 0 saturated carbocycles. The number of anilines is 1. The first-order valence-corrected chi connectivity index (χ1v) is 12.4. The fourth-order valence-electron chi connectivity index (χ4n) is 4.89. The number of amides is 3. The van der Waals surface area contributed by atoms with Gasteiger partial charge in [0.25, 0.3) is 0 Å². The molecule has 2 unspecified atom stereocenters. The molecule has 2 aliphatic rings. The largest absolute Gasteiger partial charge is 0.467 e. The van der Waals surface area contributed by atoms with Crippen LogP contribution in [0.3, 0.4) is 0 Å². The third-order valence-electron chi connectivity index (χ3n) is 6.48. The molecule has 3 rings (SSSR count). The molecule has 0 radical (unpaired) electrons. The van der Waals surface area contributed by atoms with Crippen LogP contribution in [0.4, 0.5) is 10.5 Å². The van der Waals surface area contributed by atoms with Gasteiger partial charge in [-0.05, 0) is 50.8 Å². The van der Waals surface area contributed by atoms with Crippen LogP contribution in [-0.2, 0) is 23.9 Å². The minimum absolute atomic E-state index is 0.102. The van der Waals surface area contributed by atoms with Gasteiger partial charge < -0.3 is 24.6 Å². The molecule has 10 heteroatoms. The highest BCUT2D eigenvalue weighted by atomic mass is 35.5. The Labute approximate surface area is 217 Å². The zero-order chi connectivity index (χ0) is 27.1. The summed E-state index contributed by atoms with van der Waals surface area (Å²) in [5.74, 6) is -1.08. The lowest BCUT2D eigenvalue weighted by Gasteiger charge is -2.35. The van der Waals surface area contributed by atoms with E-state index >= 15 is 0 Å². The van der Waals surface area contributed by atoms with Gasteiger partial charge >= 0.3 is 12.1 Å². The van der Waals surface area contributed by atoms with Gasteiger partial charge in [-0.2, -0.15) is 0 Å². The smallest absolute Gasteiger partial charge is 0.408 e. The second-order valence-electron chi connectivity index (χ2n) is 11.8. The molecule has 2 fully saturated rings. The molecule has 198 valence electrons. The first-order valence-electron chi connectivity index (χ1n) is 12.0. The van der Waals surface area contributed by atoms with Crippen molar-refractivity contribution in [1.82, 2.24) is 10.2 Å². The number of benzene rings is 1. The Hall–Kier alpha value is -2.81. The van der Waals surface area contributed by atoms with E-state index in [9.17, 15) is 19.2 Å². The van der Waals surface area contributed by atoms with Crippen LogP contribution in [0, 0.1) is 10.8 Å². The van der Waals surface area contributed by atoms with E-state index in [2.05, 4.69) is 5.32 Å². The number of carbonyl (C=O) groups excluding carboxylic acids is 4. The summed E-state index contributed by atoms with van der Waals surface area (Å²) < 4.78 is 10.4. The highest BCUT2D eigenvalue weighted by molar-refractivity contribution is 6.30. The van der Waals surface area contributed by atoms with Gasteiger partial charge in [0.1, 0.15) is 17.7 Å². The molecule has 0 aromatic heterocycles. The first-order chi connectivity index (χ1) is 16.5. The molecule has 1 aromatic rings. The molecule has 2 heterocycles. The summed E-state index contributed by atoms with van der Waals surface area (Å²) in [7, 11) is 1.27. The number of nitrogens with zero attached hydrogens (tertiary/aromatic N) is 2. The third kappa shape index (κ3) is 6.11. The summed E-state index contributed by atoms with van der Waals surface area (Å²) in [5, 5.41) is 3.21. The molecule has 1 aromatic carbocycles. The number of hydrogen-bond donors (Lipinski definition) is 1. The number of likely N-dealkylation sites (tertiary alicyclic amines) is 1. The second-order valence-corrected chi connectivity index (χ2v) is 12.2. The second kappa shape index (κ2) is 9.92. The van der Waals surface area contributed by atoms with Gasteiger partial charge in [0, 0.05) is 35.6 Å². The van der Waals surface area contributed by atoms with Crippen molar-refractivity contribution in [3.8, 4) is 0 Å². The van der Waals surface area contributed by atoms with E-state index in [0.29, 0.717) is 17.3 Å². The van der Waals surface area contributed by atoms with Gasteiger partial charge in [0.2, 0.25) is 11.8 Å². The van der Waals surface area contributed by atoms with Crippen LogP contribution >= 0.6 is 11.6 Å². The number of methoxy groups -OCH3 is 1. The molecule has 1 spiro atoms. The summed E-state index contributed by atoms with van der Waals surface area (Å²) in [6, 6.07) is 5.19. The standard InChI is InChI=1S/C26H36ClN3O6/c1-24(2,3)20(28-23(34)36-25(4,5)6)21(32)30-15-26(12-18(30)22(33)35-7)13-19(31)29(14-26)17-10-8-9-16(27)11-17/h8-11,18,20H,12-15H2,1-7H3,(H,28,34)/t18?,20-,26?/m1/s1. The lowest BCUT2D eigenvalue weighted by Crippen LogP contribution is -2.57. The molecule has 3 atom stereocenters. The zero-order valence-corrected chi connectivity index (χ0v) is 22.8. The molecular formula is C26H36ClN3O6. The number of ether oxygens (including phenoxy) is 2. The van der Waals surface area contributed by atoms with Crippen molar-refractivity contribution >= 4 is 41.2 Å². The van der Waals surface area contributed by atoms with Gasteiger partial charge in [-0.1, -0.05) is 38.4 Å². The van der Waals surface area contributed by atoms with Crippen LogP contribution in [0.25, 0.3) is 0 Å². The van der Waals surface area contributed by atoms with E-state index in [-0.39, 0.29) is 25.3 Å². The van der Waals surface area contributed by atoms with Gasteiger partial charge in [-0.3, -0.25) is 9.59 Å². The molecule has 1 N–H and O–H groups in total. The molecule has 36 heavy (non-hydrogen) atoms. The molecule has 0 bridgehead atoms. The van der Waals surface area contributed by atoms with Crippen molar-refractivity contribution < 1.29 is 28.7 Å². The SMILES string of the molecule is COC(=O)C1CC2(CC(=O)N(c3cccc(Cl)c3)C2)CN1C(=O)[C@@H](NC(=O)OC(C)(C)C)C(C)(C)C. The molecule has 3 amide bonds. The number of nitrogens with one attached hydrogen (secondary N) is 1. The Morgan fingerprint density at radius 1 is 1.14 bits per heavy atom. The minimum atomic E-state index is -0.962. The lowest BCUT2D eigenvalue weighted by atomic mass is 9.84. The minimum Gasteiger partial charge on any atom is -0.467 e. The molecule has 0 aliphatic carbocycles. The maximum absolute atomic E-state index is 13.9. The summed E-state index contributed by atoms with van der Waals surface area (Å²) >= 11 is 6.13. The van der Waals surface area contributed by atoms with E-state index in [1.807, 2.05) is 20.8 Å². The Bertz CT molecular complexity index is 1050. The maximum Gasteiger partial charge on any atom is 0.408 e. The maximum atomic E-state index is 13.9. The summed E-state index contributed by atoms with van der Waals surface area (Å²) in [6.07, 6.45) is -0.268. The summed E-state index contributed by atoms with van der Waals surface area (Å²) in [6.45, 7) is 11.2. The quantitative estimate of drug-likeness (QED) is 0.604. The number of carbonyl (C=O) groups is 4.